The van der Waals surface area contributed by atoms with E-state index in [9.17, 15) is 0 Å². The van der Waals surface area contributed by atoms with Gasteiger partial charge < -0.3 is 10.1 Å². The van der Waals surface area contributed by atoms with Gasteiger partial charge in [-0.15, -0.1) is 0 Å². The molecule has 0 heterocycles. The summed E-state index contributed by atoms with van der Waals surface area (Å²) in [6.07, 6.45) is 9.06. The molecule has 0 amide bonds. The molecule has 0 spiro atoms. The monoisotopic (exact) mass is 319 g/mol. The van der Waals surface area contributed by atoms with Crippen LogP contribution in [0.15, 0.2) is 29.4 Å². The van der Waals surface area contributed by atoms with Gasteiger partial charge in [0.25, 0.3) is 0 Å². The first-order valence-electron chi connectivity index (χ1n) is 8.10. The largest absolute Gasteiger partial charge is 0.494 e. The highest BCUT2D eigenvalue weighted by molar-refractivity contribution is 7.80. The summed E-state index contributed by atoms with van der Waals surface area (Å²) in [4.78, 5) is 0. The molecule has 2 rings (SSSR count). The Labute approximate surface area is 138 Å². The Hall–Kier alpha value is -1.62. The summed E-state index contributed by atoms with van der Waals surface area (Å²) in [6.45, 7) is 2.82. The van der Waals surface area contributed by atoms with Gasteiger partial charge in [-0.1, -0.05) is 38.3 Å². The predicted octanol–water partition coefficient (Wildman–Crippen LogP) is 3.61. The third kappa shape index (κ3) is 6.02. The molecule has 1 fully saturated rings. The van der Waals surface area contributed by atoms with E-state index >= 15 is 0 Å². The molecule has 1 aromatic carbocycles. The maximum atomic E-state index is 5.60. The number of nitrogens with zero attached hydrogens (tertiary/aromatic N) is 1. The normalized spacial score (nSPS) is 15.7. The lowest BCUT2D eigenvalue weighted by molar-refractivity contribution is 0.317. The Morgan fingerprint density at radius 3 is 2.95 bits per heavy atom. The van der Waals surface area contributed by atoms with Crippen LogP contribution in [0, 0.1) is 0 Å². The molecule has 1 aliphatic rings. The van der Waals surface area contributed by atoms with Crippen LogP contribution in [0.1, 0.15) is 51.0 Å². The van der Waals surface area contributed by atoms with Gasteiger partial charge in [0.15, 0.2) is 5.11 Å². The van der Waals surface area contributed by atoms with Crippen molar-refractivity contribution in [1.29, 1.82) is 0 Å². The molecule has 120 valence electrons. The third-order valence-corrected chi connectivity index (χ3v) is 3.86. The molecular weight excluding hydrogens is 294 g/mol. The number of rotatable bonds is 6. The Morgan fingerprint density at radius 1 is 1.36 bits per heavy atom. The summed E-state index contributed by atoms with van der Waals surface area (Å²) >= 11 is 5.27. The van der Waals surface area contributed by atoms with Gasteiger partial charge in [0.1, 0.15) is 5.75 Å². The molecule has 1 saturated carbocycles. The van der Waals surface area contributed by atoms with Crippen LogP contribution in [0.2, 0.25) is 0 Å². The number of hydrogen-bond acceptors (Lipinski definition) is 3. The first kappa shape index (κ1) is 16.7. The minimum atomic E-state index is 0.495. The van der Waals surface area contributed by atoms with Crippen LogP contribution in [-0.2, 0) is 0 Å². The van der Waals surface area contributed by atoms with Gasteiger partial charge in [0.2, 0.25) is 0 Å². The molecule has 22 heavy (non-hydrogen) atoms. The molecule has 0 saturated heterocycles. The Morgan fingerprint density at radius 2 is 2.18 bits per heavy atom. The fourth-order valence-corrected chi connectivity index (χ4v) is 2.75. The van der Waals surface area contributed by atoms with Gasteiger partial charge in [-0.3, -0.25) is 5.43 Å². The fraction of sp³-hybridized carbons (Fsp3) is 0.529. The van der Waals surface area contributed by atoms with Crippen molar-refractivity contribution in [3.8, 4) is 5.75 Å². The number of hydrogen-bond donors (Lipinski definition) is 2. The lowest BCUT2D eigenvalue weighted by Crippen LogP contribution is -2.40. The molecule has 0 bridgehead atoms. The van der Waals surface area contributed by atoms with E-state index < -0.39 is 0 Å². The standard InChI is InChI=1S/C17H25N3OS/c1-2-11-21-16-10-6-7-14(12-16)13-18-20-17(22)19-15-8-4-3-5-9-15/h6-7,10,12-13,15H,2-5,8-9,11H2,1H3,(H2,19,20,22)/b18-13+. The van der Waals surface area contributed by atoms with Gasteiger partial charge in [-0.05, 0) is 49.2 Å². The summed E-state index contributed by atoms with van der Waals surface area (Å²) in [5, 5.41) is 8.12. The zero-order valence-electron chi connectivity index (χ0n) is 13.2. The zero-order chi connectivity index (χ0) is 15.6. The van der Waals surface area contributed by atoms with E-state index in [1.807, 2.05) is 24.3 Å². The topological polar surface area (TPSA) is 45.6 Å². The fourth-order valence-electron chi connectivity index (χ4n) is 2.53. The molecule has 2 N–H and O–H groups in total. The first-order valence-corrected chi connectivity index (χ1v) is 8.51. The smallest absolute Gasteiger partial charge is 0.187 e. The Bertz CT molecular complexity index is 498. The SMILES string of the molecule is CCCOc1cccc(/C=N/NC(=S)NC2CCCCC2)c1. The summed E-state index contributed by atoms with van der Waals surface area (Å²) in [5.74, 6) is 0.869. The van der Waals surface area contributed by atoms with E-state index in [1.54, 1.807) is 6.21 Å². The molecule has 0 aliphatic heterocycles. The number of thiocarbonyl (C=S) groups is 1. The maximum absolute atomic E-state index is 5.60. The molecule has 4 nitrogen and oxygen atoms in total. The van der Waals surface area contributed by atoms with Crippen molar-refractivity contribution in [1.82, 2.24) is 10.7 Å². The minimum Gasteiger partial charge on any atom is -0.494 e. The quantitative estimate of drug-likeness (QED) is 0.478. The molecule has 5 heteroatoms. The van der Waals surface area contributed by atoms with Crippen LogP contribution in [0.5, 0.6) is 5.75 Å². The van der Waals surface area contributed by atoms with Crippen molar-refractivity contribution in [3.05, 3.63) is 29.8 Å². The number of benzene rings is 1. The van der Waals surface area contributed by atoms with Crippen molar-refractivity contribution in [2.45, 2.75) is 51.5 Å². The second-order valence-corrected chi connectivity index (χ2v) is 6.01. The molecule has 1 aliphatic carbocycles. The van der Waals surface area contributed by atoms with Crippen LogP contribution >= 0.6 is 12.2 Å². The third-order valence-electron chi connectivity index (χ3n) is 3.65. The van der Waals surface area contributed by atoms with Crippen molar-refractivity contribution < 1.29 is 4.74 Å². The highest BCUT2D eigenvalue weighted by atomic mass is 32.1. The summed E-state index contributed by atoms with van der Waals surface area (Å²) in [6, 6.07) is 8.37. The molecule has 0 atom stereocenters. The highest BCUT2D eigenvalue weighted by Gasteiger charge is 2.13. The van der Waals surface area contributed by atoms with E-state index in [2.05, 4.69) is 22.8 Å². The van der Waals surface area contributed by atoms with Gasteiger partial charge in [-0.2, -0.15) is 5.10 Å². The molecule has 0 aromatic heterocycles. The van der Waals surface area contributed by atoms with Crippen molar-refractivity contribution in [2.75, 3.05) is 6.61 Å². The van der Waals surface area contributed by atoms with E-state index in [-0.39, 0.29) is 0 Å². The number of ether oxygens (including phenoxy) is 1. The van der Waals surface area contributed by atoms with E-state index in [1.165, 1.54) is 32.1 Å². The Kier molecular flexibility index (Phi) is 7.16. The Balaban J connectivity index is 1.77. The lowest BCUT2D eigenvalue weighted by atomic mass is 9.96. The maximum Gasteiger partial charge on any atom is 0.187 e. The van der Waals surface area contributed by atoms with Gasteiger partial charge in [0.05, 0.1) is 12.8 Å². The summed E-state index contributed by atoms with van der Waals surface area (Å²) < 4.78 is 5.60. The van der Waals surface area contributed by atoms with Crippen LogP contribution in [-0.4, -0.2) is 24.0 Å². The van der Waals surface area contributed by atoms with Gasteiger partial charge in [-0.25, -0.2) is 0 Å². The van der Waals surface area contributed by atoms with Crippen molar-refractivity contribution >= 4 is 23.5 Å². The average Bonchev–Trinajstić information content (AvgIpc) is 2.54. The lowest BCUT2D eigenvalue weighted by Gasteiger charge is -2.23. The molecule has 0 unspecified atom stereocenters. The molecule has 0 radical (unpaired) electrons. The van der Waals surface area contributed by atoms with Crippen LogP contribution in [0.3, 0.4) is 0 Å². The molecular formula is C17H25N3OS. The van der Waals surface area contributed by atoms with Gasteiger partial charge >= 0.3 is 0 Å². The highest BCUT2D eigenvalue weighted by Crippen LogP contribution is 2.17. The van der Waals surface area contributed by atoms with E-state index in [0.29, 0.717) is 11.2 Å². The average molecular weight is 319 g/mol. The van der Waals surface area contributed by atoms with E-state index in [4.69, 9.17) is 17.0 Å². The van der Waals surface area contributed by atoms with Crippen LogP contribution < -0.4 is 15.5 Å². The van der Waals surface area contributed by atoms with Crippen LogP contribution in [0.25, 0.3) is 0 Å². The van der Waals surface area contributed by atoms with Crippen molar-refractivity contribution in [2.24, 2.45) is 5.10 Å². The zero-order valence-corrected chi connectivity index (χ0v) is 14.0. The van der Waals surface area contributed by atoms with Crippen molar-refractivity contribution in [3.63, 3.8) is 0 Å². The predicted molar refractivity (Wildman–Crippen MR) is 95.6 cm³/mol. The molecule has 1 aromatic rings. The summed E-state index contributed by atoms with van der Waals surface area (Å²) in [5.41, 5.74) is 3.88. The second-order valence-electron chi connectivity index (χ2n) is 5.60. The second kappa shape index (κ2) is 9.41. The van der Waals surface area contributed by atoms with Gasteiger partial charge in [0, 0.05) is 6.04 Å². The van der Waals surface area contributed by atoms with E-state index in [0.717, 1.165) is 24.3 Å². The number of nitrogens with one attached hydrogen (secondary N) is 2. The summed E-state index contributed by atoms with van der Waals surface area (Å²) in [7, 11) is 0. The van der Waals surface area contributed by atoms with Crippen LogP contribution in [0.4, 0.5) is 0 Å². The first-order chi connectivity index (χ1) is 10.8. The minimum absolute atomic E-state index is 0.495. The number of hydrazone groups is 1.